The normalized spacial score (nSPS) is 12.6. The molecule has 1 aliphatic heterocycles. The first-order valence-electron chi connectivity index (χ1n) is 11.6. The van der Waals surface area contributed by atoms with Crippen molar-refractivity contribution >= 4 is 23.2 Å². The van der Waals surface area contributed by atoms with E-state index in [1.54, 1.807) is 16.2 Å². The number of benzene rings is 1. The van der Waals surface area contributed by atoms with Gasteiger partial charge in [-0.3, -0.25) is 9.59 Å². The molecule has 0 bridgehead atoms. The zero-order valence-corrected chi connectivity index (χ0v) is 21.3. The number of ether oxygens (including phenoxy) is 2. The van der Waals surface area contributed by atoms with Gasteiger partial charge in [0.05, 0.1) is 13.1 Å². The summed E-state index contributed by atoms with van der Waals surface area (Å²) in [6.45, 7) is 12.2. The number of amides is 2. The second kappa shape index (κ2) is 11.1. The molecule has 2 aromatic rings. The number of hydrogen-bond acceptors (Lipinski definition) is 5. The summed E-state index contributed by atoms with van der Waals surface area (Å²) in [6, 6.07) is 7.86. The van der Waals surface area contributed by atoms with Crippen LogP contribution >= 0.6 is 11.3 Å². The van der Waals surface area contributed by atoms with Gasteiger partial charge in [-0.2, -0.15) is 0 Å². The van der Waals surface area contributed by atoms with Gasteiger partial charge in [-0.15, -0.1) is 11.3 Å². The Kier molecular flexibility index (Phi) is 8.40. The summed E-state index contributed by atoms with van der Waals surface area (Å²) in [7, 11) is 0. The fraction of sp³-hybridized carbons (Fsp3) is 0.538. The molecule has 1 aliphatic rings. The summed E-state index contributed by atoms with van der Waals surface area (Å²) in [6.07, 6.45) is 2.29. The van der Waals surface area contributed by atoms with Crippen molar-refractivity contribution in [3.63, 3.8) is 0 Å². The molecule has 0 saturated carbocycles. The lowest BCUT2D eigenvalue weighted by Gasteiger charge is -2.30. The first kappa shape index (κ1) is 25.1. The molecule has 2 heterocycles. The van der Waals surface area contributed by atoms with E-state index in [1.165, 1.54) is 5.56 Å². The second-order valence-electron chi connectivity index (χ2n) is 9.87. The van der Waals surface area contributed by atoms with E-state index in [0.29, 0.717) is 31.8 Å². The minimum absolute atomic E-state index is 0.0413. The average molecular weight is 473 g/mol. The Balaban J connectivity index is 1.79. The summed E-state index contributed by atoms with van der Waals surface area (Å²) >= 11 is 1.65. The van der Waals surface area contributed by atoms with Crippen LogP contribution in [0.1, 0.15) is 63.0 Å². The fourth-order valence-corrected chi connectivity index (χ4v) is 4.62. The second-order valence-corrected chi connectivity index (χ2v) is 10.9. The monoisotopic (exact) mass is 472 g/mol. The van der Waals surface area contributed by atoms with Gasteiger partial charge in [0.2, 0.25) is 18.6 Å². The zero-order valence-electron chi connectivity index (χ0n) is 20.5. The number of nitrogens with zero attached hydrogens (tertiary/aromatic N) is 2. The summed E-state index contributed by atoms with van der Waals surface area (Å²) in [4.78, 5) is 31.3. The molecule has 1 aromatic heterocycles. The molecule has 6 nitrogen and oxygen atoms in total. The molecule has 3 rings (SSSR count). The number of fused-ring (bicyclic) bond motifs is 1. The van der Waals surface area contributed by atoms with Crippen molar-refractivity contribution < 1.29 is 19.1 Å². The first-order chi connectivity index (χ1) is 15.7. The molecule has 0 saturated heterocycles. The third-order valence-corrected chi connectivity index (χ3v) is 6.62. The lowest BCUT2D eigenvalue weighted by Crippen LogP contribution is -2.43. The number of carbonyl (C=O) groups excluding carboxylic acids is 2. The van der Waals surface area contributed by atoms with E-state index in [1.807, 2.05) is 28.5 Å². The predicted octanol–water partition coefficient (Wildman–Crippen LogP) is 5.38. The highest BCUT2D eigenvalue weighted by atomic mass is 32.1. The lowest BCUT2D eigenvalue weighted by atomic mass is 9.91. The van der Waals surface area contributed by atoms with E-state index in [4.69, 9.17) is 9.47 Å². The molecule has 1 aromatic carbocycles. The highest BCUT2D eigenvalue weighted by Crippen LogP contribution is 2.33. The van der Waals surface area contributed by atoms with Crippen molar-refractivity contribution in [3.8, 4) is 11.5 Å². The van der Waals surface area contributed by atoms with Crippen molar-refractivity contribution in [2.45, 2.75) is 67.0 Å². The summed E-state index contributed by atoms with van der Waals surface area (Å²) in [5.41, 5.74) is 2.03. The van der Waals surface area contributed by atoms with Crippen LogP contribution in [0.5, 0.6) is 11.5 Å². The predicted molar refractivity (Wildman–Crippen MR) is 131 cm³/mol. The van der Waals surface area contributed by atoms with Gasteiger partial charge in [0, 0.05) is 24.4 Å². The SMILES string of the molecule is CCCCN(CC(=O)N(Cc1ccc2c(c1)OCO2)Cc1sccc1C)C(=O)CC(C)(C)C. The molecule has 0 spiro atoms. The number of aryl methyl sites for hydroxylation is 1. The molecular formula is C26H36N2O4S. The van der Waals surface area contributed by atoms with E-state index in [-0.39, 0.29) is 30.6 Å². The van der Waals surface area contributed by atoms with Gasteiger partial charge in [0.25, 0.3) is 0 Å². The van der Waals surface area contributed by atoms with Gasteiger partial charge in [-0.05, 0) is 53.5 Å². The highest BCUT2D eigenvalue weighted by Gasteiger charge is 2.26. The van der Waals surface area contributed by atoms with Crippen molar-refractivity contribution in [1.82, 2.24) is 9.80 Å². The third-order valence-electron chi connectivity index (χ3n) is 5.61. The molecule has 180 valence electrons. The largest absolute Gasteiger partial charge is 0.454 e. The van der Waals surface area contributed by atoms with Crippen LogP contribution in [0, 0.1) is 12.3 Å². The standard InChI is InChI=1S/C26H36N2O4S/c1-6-7-11-27(24(29)14-26(3,4)5)17-25(30)28(16-23-19(2)10-12-33-23)15-20-8-9-21-22(13-20)32-18-31-21/h8-10,12-13H,6-7,11,14-18H2,1-5H3. The topological polar surface area (TPSA) is 59.1 Å². The van der Waals surface area contributed by atoms with Gasteiger partial charge in [0.15, 0.2) is 11.5 Å². The molecule has 0 radical (unpaired) electrons. The van der Waals surface area contributed by atoms with Crippen LogP contribution in [-0.2, 0) is 22.7 Å². The molecule has 0 N–H and O–H groups in total. The number of unbranched alkanes of at least 4 members (excludes halogenated alkanes) is 1. The smallest absolute Gasteiger partial charge is 0.242 e. The maximum atomic E-state index is 13.5. The Bertz CT molecular complexity index is 963. The quantitative estimate of drug-likeness (QED) is 0.466. The number of carbonyl (C=O) groups is 2. The summed E-state index contributed by atoms with van der Waals surface area (Å²) < 4.78 is 10.9. The summed E-state index contributed by atoms with van der Waals surface area (Å²) in [5, 5.41) is 2.05. The van der Waals surface area contributed by atoms with Gasteiger partial charge >= 0.3 is 0 Å². The Morgan fingerprint density at radius 1 is 1.03 bits per heavy atom. The van der Waals surface area contributed by atoms with Gasteiger partial charge < -0.3 is 19.3 Å². The lowest BCUT2D eigenvalue weighted by molar-refractivity contribution is -0.142. The Labute approximate surface area is 201 Å². The number of rotatable bonds is 10. The maximum absolute atomic E-state index is 13.5. The fourth-order valence-electron chi connectivity index (χ4n) is 3.70. The third kappa shape index (κ3) is 7.22. The minimum atomic E-state index is -0.120. The highest BCUT2D eigenvalue weighted by molar-refractivity contribution is 7.10. The molecule has 2 amide bonds. The van der Waals surface area contributed by atoms with Crippen LogP contribution in [0.25, 0.3) is 0 Å². The van der Waals surface area contributed by atoms with Crippen LogP contribution in [-0.4, -0.2) is 41.5 Å². The van der Waals surface area contributed by atoms with Gasteiger partial charge in [-0.25, -0.2) is 0 Å². The number of hydrogen-bond donors (Lipinski definition) is 0. The molecule has 0 atom stereocenters. The Morgan fingerprint density at radius 2 is 1.79 bits per heavy atom. The molecule has 33 heavy (non-hydrogen) atoms. The van der Waals surface area contributed by atoms with Crippen molar-refractivity contribution in [2.24, 2.45) is 5.41 Å². The Morgan fingerprint density at radius 3 is 2.45 bits per heavy atom. The van der Waals surface area contributed by atoms with Crippen LogP contribution < -0.4 is 9.47 Å². The molecule has 0 fully saturated rings. The van der Waals surface area contributed by atoms with Gasteiger partial charge in [-0.1, -0.05) is 40.2 Å². The van der Waals surface area contributed by atoms with Crippen LogP contribution in [0.4, 0.5) is 0 Å². The van der Waals surface area contributed by atoms with Crippen molar-refractivity contribution in [2.75, 3.05) is 19.9 Å². The van der Waals surface area contributed by atoms with Gasteiger partial charge in [0.1, 0.15) is 0 Å². The van der Waals surface area contributed by atoms with E-state index in [9.17, 15) is 9.59 Å². The molecule has 7 heteroatoms. The maximum Gasteiger partial charge on any atom is 0.242 e. The molecular weight excluding hydrogens is 436 g/mol. The van der Waals surface area contributed by atoms with Crippen LogP contribution in [0.2, 0.25) is 0 Å². The van der Waals surface area contributed by atoms with Crippen molar-refractivity contribution in [1.29, 1.82) is 0 Å². The molecule has 0 unspecified atom stereocenters. The van der Waals surface area contributed by atoms with Crippen LogP contribution in [0.3, 0.4) is 0 Å². The minimum Gasteiger partial charge on any atom is -0.454 e. The van der Waals surface area contributed by atoms with Crippen LogP contribution in [0.15, 0.2) is 29.6 Å². The van der Waals surface area contributed by atoms with E-state index in [2.05, 4.69) is 40.7 Å². The Hall–Kier alpha value is -2.54. The molecule has 0 aliphatic carbocycles. The van der Waals surface area contributed by atoms with E-state index < -0.39 is 0 Å². The van der Waals surface area contributed by atoms with Crippen molar-refractivity contribution in [3.05, 3.63) is 45.6 Å². The first-order valence-corrected chi connectivity index (χ1v) is 12.5. The van der Waals surface area contributed by atoms with E-state index >= 15 is 0 Å². The number of thiophene rings is 1. The zero-order chi connectivity index (χ0) is 24.0. The van der Waals surface area contributed by atoms with E-state index in [0.717, 1.165) is 29.0 Å². The summed E-state index contributed by atoms with van der Waals surface area (Å²) in [5.74, 6) is 1.43. The average Bonchev–Trinajstić information content (AvgIpc) is 3.37.